The van der Waals surface area contributed by atoms with Crippen molar-refractivity contribution in [3.05, 3.63) is 65.2 Å². The third kappa shape index (κ3) is 4.23. The summed E-state index contributed by atoms with van der Waals surface area (Å²) >= 11 is 0. The minimum Gasteiger partial charge on any atom is -0.352 e. The number of aryl methyl sites for hydroxylation is 1. The summed E-state index contributed by atoms with van der Waals surface area (Å²) in [5.41, 5.74) is 2.51. The van der Waals surface area contributed by atoms with Crippen molar-refractivity contribution < 1.29 is 13.2 Å². The van der Waals surface area contributed by atoms with Gasteiger partial charge in [0.25, 0.3) is 5.91 Å². The number of benzene rings is 2. The maximum atomic E-state index is 12.4. The van der Waals surface area contributed by atoms with E-state index in [1.807, 2.05) is 25.1 Å². The van der Waals surface area contributed by atoms with Gasteiger partial charge in [-0.15, -0.1) is 0 Å². The van der Waals surface area contributed by atoms with Crippen LogP contribution in [0, 0.1) is 6.92 Å². The largest absolute Gasteiger partial charge is 0.352 e. The third-order valence-corrected chi connectivity index (χ3v) is 6.05. The van der Waals surface area contributed by atoms with Crippen LogP contribution in [-0.2, 0) is 16.3 Å². The van der Waals surface area contributed by atoms with Gasteiger partial charge in [0.05, 0.1) is 15.7 Å². The second-order valence-electron chi connectivity index (χ2n) is 6.08. The van der Waals surface area contributed by atoms with E-state index in [-0.39, 0.29) is 16.4 Å². The molecule has 0 aromatic heterocycles. The molecule has 0 saturated heterocycles. The molecule has 0 radical (unpaired) electrons. The normalized spacial score (nSPS) is 11.5. The van der Waals surface area contributed by atoms with E-state index >= 15 is 0 Å². The monoisotopic (exact) mass is 345 g/mol. The van der Waals surface area contributed by atoms with Crippen LogP contribution in [0.1, 0.15) is 35.3 Å². The molecule has 0 saturated carbocycles. The van der Waals surface area contributed by atoms with Crippen LogP contribution in [0.25, 0.3) is 0 Å². The van der Waals surface area contributed by atoms with Crippen molar-refractivity contribution in [1.29, 1.82) is 0 Å². The molecule has 128 valence electrons. The molecule has 2 aromatic rings. The highest BCUT2D eigenvalue weighted by atomic mass is 32.2. The van der Waals surface area contributed by atoms with Gasteiger partial charge in [-0.2, -0.15) is 0 Å². The standard InChI is InChI=1S/C19H23NO3S/c1-14(2)24(22,23)18-10-5-4-9-17(18)19(21)20-12-11-16-8-6-7-15(3)13-16/h4-10,13-14H,11-12H2,1-3H3,(H,20,21). The van der Waals surface area contributed by atoms with Gasteiger partial charge in [-0.3, -0.25) is 4.79 Å². The molecule has 1 N–H and O–H groups in total. The van der Waals surface area contributed by atoms with E-state index < -0.39 is 15.1 Å². The summed E-state index contributed by atoms with van der Waals surface area (Å²) in [5, 5.41) is 2.24. The van der Waals surface area contributed by atoms with E-state index in [4.69, 9.17) is 0 Å². The molecule has 24 heavy (non-hydrogen) atoms. The minimum absolute atomic E-state index is 0.0908. The Morgan fingerprint density at radius 2 is 1.79 bits per heavy atom. The Hall–Kier alpha value is -2.14. The van der Waals surface area contributed by atoms with Gasteiger partial charge in [-0.05, 0) is 44.9 Å². The quantitative estimate of drug-likeness (QED) is 0.875. The first-order chi connectivity index (χ1) is 11.3. The SMILES string of the molecule is Cc1cccc(CCNC(=O)c2ccccc2S(=O)(=O)C(C)C)c1. The molecular weight excluding hydrogens is 322 g/mol. The lowest BCUT2D eigenvalue weighted by atomic mass is 10.1. The molecule has 0 aliphatic heterocycles. The van der Waals surface area contributed by atoms with Gasteiger partial charge in [-0.25, -0.2) is 8.42 Å². The lowest BCUT2D eigenvalue weighted by Gasteiger charge is -2.13. The van der Waals surface area contributed by atoms with Crippen LogP contribution in [0.5, 0.6) is 0 Å². The van der Waals surface area contributed by atoms with Crippen molar-refractivity contribution in [3.63, 3.8) is 0 Å². The first kappa shape index (κ1) is 18.2. The van der Waals surface area contributed by atoms with Crippen molar-refractivity contribution >= 4 is 15.7 Å². The highest BCUT2D eigenvalue weighted by Gasteiger charge is 2.24. The third-order valence-electron chi connectivity index (χ3n) is 3.84. The van der Waals surface area contributed by atoms with Crippen LogP contribution in [0.3, 0.4) is 0 Å². The van der Waals surface area contributed by atoms with Gasteiger partial charge in [0.2, 0.25) is 0 Å². The van der Waals surface area contributed by atoms with Crippen LogP contribution in [0.2, 0.25) is 0 Å². The molecule has 2 aromatic carbocycles. The summed E-state index contributed by atoms with van der Waals surface area (Å²) in [4.78, 5) is 12.5. The Morgan fingerprint density at radius 3 is 2.46 bits per heavy atom. The Morgan fingerprint density at radius 1 is 1.08 bits per heavy atom. The molecule has 4 nitrogen and oxygen atoms in total. The number of hydrogen-bond donors (Lipinski definition) is 1. The molecule has 0 atom stereocenters. The van der Waals surface area contributed by atoms with E-state index in [2.05, 4.69) is 11.4 Å². The molecule has 0 aliphatic rings. The van der Waals surface area contributed by atoms with Crippen LogP contribution in [-0.4, -0.2) is 26.1 Å². The topological polar surface area (TPSA) is 63.2 Å². The fourth-order valence-electron chi connectivity index (χ4n) is 2.44. The molecule has 0 bridgehead atoms. The fraction of sp³-hybridized carbons (Fsp3) is 0.316. The van der Waals surface area contributed by atoms with Crippen molar-refractivity contribution in [2.45, 2.75) is 37.3 Å². The van der Waals surface area contributed by atoms with Gasteiger partial charge in [0, 0.05) is 6.54 Å². The lowest BCUT2D eigenvalue weighted by Crippen LogP contribution is -2.28. The van der Waals surface area contributed by atoms with Crippen molar-refractivity contribution in [3.8, 4) is 0 Å². The predicted octanol–water partition coefficient (Wildman–Crippen LogP) is 3.15. The summed E-state index contributed by atoms with van der Waals surface area (Å²) < 4.78 is 24.8. The first-order valence-electron chi connectivity index (χ1n) is 7.99. The predicted molar refractivity (Wildman–Crippen MR) is 96.0 cm³/mol. The zero-order chi connectivity index (χ0) is 17.7. The summed E-state index contributed by atoms with van der Waals surface area (Å²) in [6.07, 6.45) is 0.701. The van der Waals surface area contributed by atoms with E-state index in [1.54, 1.807) is 32.0 Å². The zero-order valence-electron chi connectivity index (χ0n) is 14.2. The molecule has 0 heterocycles. The summed E-state index contributed by atoms with van der Waals surface area (Å²) in [6.45, 7) is 5.71. The smallest absolute Gasteiger partial charge is 0.252 e. The second-order valence-corrected chi connectivity index (χ2v) is 8.56. The number of nitrogens with one attached hydrogen (secondary N) is 1. The van der Waals surface area contributed by atoms with Gasteiger partial charge in [0.15, 0.2) is 9.84 Å². The lowest BCUT2D eigenvalue weighted by molar-refractivity contribution is 0.0951. The van der Waals surface area contributed by atoms with Crippen LogP contribution in [0.15, 0.2) is 53.4 Å². The average Bonchev–Trinajstić information content (AvgIpc) is 2.54. The maximum Gasteiger partial charge on any atom is 0.252 e. The summed E-state index contributed by atoms with van der Waals surface area (Å²) in [6, 6.07) is 14.4. The highest BCUT2D eigenvalue weighted by molar-refractivity contribution is 7.92. The minimum atomic E-state index is -3.50. The molecule has 1 amide bonds. The molecule has 2 rings (SSSR count). The van der Waals surface area contributed by atoms with Crippen LogP contribution < -0.4 is 5.32 Å². The number of carbonyl (C=O) groups is 1. The number of rotatable bonds is 6. The summed E-state index contributed by atoms with van der Waals surface area (Å²) in [7, 11) is -3.50. The van der Waals surface area contributed by atoms with Crippen LogP contribution >= 0.6 is 0 Å². The highest BCUT2D eigenvalue weighted by Crippen LogP contribution is 2.20. The molecule has 0 aliphatic carbocycles. The Labute approximate surface area is 143 Å². The van der Waals surface area contributed by atoms with Crippen molar-refractivity contribution in [2.24, 2.45) is 0 Å². The maximum absolute atomic E-state index is 12.4. The van der Waals surface area contributed by atoms with Crippen LogP contribution in [0.4, 0.5) is 0 Å². The van der Waals surface area contributed by atoms with E-state index in [1.165, 1.54) is 11.6 Å². The van der Waals surface area contributed by atoms with E-state index in [0.29, 0.717) is 13.0 Å². The van der Waals surface area contributed by atoms with E-state index in [0.717, 1.165) is 5.56 Å². The second kappa shape index (κ2) is 7.62. The summed E-state index contributed by atoms with van der Waals surface area (Å²) in [5.74, 6) is -0.359. The molecule has 5 heteroatoms. The average molecular weight is 345 g/mol. The van der Waals surface area contributed by atoms with Crippen molar-refractivity contribution in [2.75, 3.05) is 6.54 Å². The van der Waals surface area contributed by atoms with E-state index in [9.17, 15) is 13.2 Å². The van der Waals surface area contributed by atoms with Crippen molar-refractivity contribution in [1.82, 2.24) is 5.32 Å². The number of carbonyl (C=O) groups excluding carboxylic acids is 1. The first-order valence-corrected chi connectivity index (χ1v) is 9.53. The van der Waals surface area contributed by atoms with Gasteiger partial charge in [-0.1, -0.05) is 42.0 Å². The molecule has 0 spiro atoms. The number of sulfone groups is 1. The van der Waals surface area contributed by atoms with Gasteiger partial charge < -0.3 is 5.32 Å². The molecular formula is C19H23NO3S. The van der Waals surface area contributed by atoms with Gasteiger partial charge >= 0.3 is 0 Å². The Bertz CT molecular complexity index is 826. The number of amides is 1. The zero-order valence-corrected chi connectivity index (χ0v) is 15.1. The Kier molecular flexibility index (Phi) is 5.78. The molecule has 0 fully saturated rings. The fourth-order valence-corrected chi connectivity index (χ4v) is 3.68. The number of hydrogen-bond acceptors (Lipinski definition) is 3. The van der Waals surface area contributed by atoms with Gasteiger partial charge in [0.1, 0.15) is 0 Å². The molecule has 0 unspecified atom stereocenters. The Balaban J connectivity index is 2.11.